The Morgan fingerprint density at radius 1 is 1.07 bits per heavy atom. The van der Waals surface area contributed by atoms with Gasteiger partial charge in [0.25, 0.3) is 0 Å². The smallest absolute Gasteiger partial charge is 0.240 e. The summed E-state index contributed by atoms with van der Waals surface area (Å²) in [5.74, 6) is 0.187. The number of aryl methyl sites for hydroxylation is 2. The molecule has 0 bridgehead atoms. The Morgan fingerprint density at radius 3 is 2.48 bits per heavy atom. The van der Waals surface area contributed by atoms with Gasteiger partial charge in [-0.2, -0.15) is 0 Å². The molecule has 0 saturated heterocycles. The van der Waals surface area contributed by atoms with Crippen LogP contribution in [0.5, 0.6) is 0 Å². The van der Waals surface area contributed by atoms with Crippen LogP contribution in [-0.4, -0.2) is 23.4 Å². The van der Waals surface area contributed by atoms with Crippen LogP contribution in [0.3, 0.4) is 0 Å². The average Bonchev–Trinajstić information content (AvgIpc) is 3.30. The fraction of sp³-hybridized carbons (Fsp3) is 0.222. The number of hydrogen-bond acceptors (Lipinski definition) is 6. The first-order valence-corrected chi connectivity index (χ1v) is 12.0. The van der Waals surface area contributed by atoms with Crippen LogP contribution in [0.1, 0.15) is 22.1 Å². The molecule has 0 aliphatic carbocycles. The van der Waals surface area contributed by atoms with Crippen molar-refractivity contribution in [1.29, 1.82) is 0 Å². The summed E-state index contributed by atoms with van der Waals surface area (Å²) in [4.78, 5) is 0.134. The predicted molar refractivity (Wildman–Crippen MR) is 104 cm³/mol. The SMILES string of the molecule is Cc1ccc(C)c(S(=O)(=O)NC[C@@H](c2ccco2)S(=O)(=O)c2cccs2)c1. The van der Waals surface area contributed by atoms with E-state index in [9.17, 15) is 16.8 Å². The predicted octanol–water partition coefficient (Wildman–Crippen LogP) is 3.45. The van der Waals surface area contributed by atoms with E-state index in [0.29, 0.717) is 5.56 Å². The van der Waals surface area contributed by atoms with Crippen molar-refractivity contribution in [2.24, 2.45) is 0 Å². The molecule has 0 radical (unpaired) electrons. The molecule has 0 fully saturated rings. The number of furan rings is 1. The normalized spacial score (nSPS) is 13.6. The molecule has 1 N–H and O–H groups in total. The van der Waals surface area contributed by atoms with Gasteiger partial charge in [0.05, 0.1) is 11.2 Å². The molecule has 2 heterocycles. The maximum absolute atomic E-state index is 13.0. The van der Waals surface area contributed by atoms with Crippen LogP contribution in [0.4, 0.5) is 0 Å². The van der Waals surface area contributed by atoms with Crippen LogP contribution in [0.25, 0.3) is 0 Å². The summed E-state index contributed by atoms with van der Waals surface area (Å²) in [5.41, 5.74) is 1.39. The molecule has 27 heavy (non-hydrogen) atoms. The van der Waals surface area contributed by atoms with E-state index in [2.05, 4.69) is 4.72 Å². The van der Waals surface area contributed by atoms with E-state index in [4.69, 9.17) is 4.42 Å². The van der Waals surface area contributed by atoms with Gasteiger partial charge in [-0.05, 0) is 54.6 Å². The Balaban J connectivity index is 1.93. The molecular formula is C18H19NO5S3. The molecule has 0 amide bonds. The van der Waals surface area contributed by atoms with Crippen molar-refractivity contribution in [3.8, 4) is 0 Å². The van der Waals surface area contributed by atoms with Gasteiger partial charge >= 0.3 is 0 Å². The number of benzene rings is 1. The van der Waals surface area contributed by atoms with E-state index in [0.717, 1.165) is 16.9 Å². The third kappa shape index (κ3) is 4.16. The Hall–Kier alpha value is -1.94. The monoisotopic (exact) mass is 425 g/mol. The summed E-state index contributed by atoms with van der Waals surface area (Å²) < 4.78 is 59.4. The highest BCUT2D eigenvalue weighted by atomic mass is 32.2. The molecule has 1 aromatic carbocycles. The lowest BCUT2D eigenvalue weighted by Gasteiger charge is -2.16. The minimum Gasteiger partial charge on any atom is -0.468 e. The van der Waals surface area contributed by atoms with E-state index < -0.39 is 25.1 Å². The molecule has 0 unspecified atom stereocenters. The van der Waals surface area contributed by atoms with Crippen molar-refractivity contribution >= 4 is 31.2 Å². The Morgan fingerprint density at radius 2 is 1.85 bits per heavy atom. The number of thiophene rings is 1. The van der Waals surface area contributed by atoms with Crippen molar-refractivity contribution in [3.63, 3.8) is 0 Å². The highest BCUT2D eigenvalue weighted by Crippen LogP contribution is 2.32. The molecule has 3 aromatic rings. The molecule has 144 valence electrons. The lowest BCUT2D eigenvalue weighted by Crippen LogP contribution is -2.32. The fourth-order valence-corrected chi connectivity index (χ4v) is 6.93. The van der Waals surface area contributed by atoms with Gasteiger partial charge in [-0.1, -0.05) is 18.2 Å². The molecule has 0 spiro atoms. The van der Waals surface area contributed by atoms with Gasteiger partial charge in [-0.3, -0.25) is 0 Å². The number of nitrogens with one attached hydrogen (secondary N) is 1. The average molecular weight is 426 g/mol. The Labute approximate surface area is 162 Å². The molecule has 0 saturated carbocycles. The highest BCUT2D eigenvalue weighted by Gasteiger charge is 2.33. The minimum absolute atomic E-state index is 0.134. The largest absolute Gasteiger partial charge is 0.468 e. The maximum Gasteiger partial charge on any atom is 0.240 e. The van der Waals surface area contributed by atoms with E-state index in [1.165, 1.54) is 18.4 Å². The third-order valence-corrected chi connectivity index (χ3v) is 9.16. The maximum atomic E-state index is 13.0. The summed E-state index contributed by atoms with van der Waals surface area (Å²) in [6, 6.07) is 11.3. The lowest BCUT2D eigenvalue weighted by atomic mass is 10.2. The standard InChI is InChI=1S/C18H19NO5S3/c1-13-7-8-14(2)16(11-13)27(22,23)19-12-17(15-5-3-9-24-15)26(20,21)18-6-4-10-25-18/h3-11,17,19H,12H2,1-2H3/t17-/m0/s1. The zero-order valence-corrected chi connectivity index (χ0v) is 17.2. The Kier molecular flexibility index (Phi) is 5.57. The first-order valence-electron chi connectivity index (χ1n) is 8.09. The van der Waals surface area contributed by atoms with Gasteiger partial charge in [0, 0.05) is 6.54 Å². The van der Waals surface area contributed by atoms with E-state index in [1.807, 2.05) is 6.07 Å². The summed E-state index contributed by atoms with van der Waals surface area (Å²) in [6.07, 6.45) is 1.37. The second-order valence-electron chi connectivity index (χ2n) is 6.10. The summed E-state index contributed by atoms with van der Waals surface area (Å²) in [6.45, 7) is 3.16. The summed E-state index contributed by atoms with van der Waals surface area (Å²) in [5, 5.41) is 0.498. The van der Waals surface area contributed by atoms with Crippen molar-refractivity contribution in [3.05, 3.63) is 71.0 Å². The first kappa shape index (κ1) is 19.8. The van der Waals surface area contributed by atoms with E-state index in [-0.39, 0.29) is 21.4 Å². The number of sulfonamides is 1. The third-order valence-electron chi connectivity index (χ3n) is 4.10. The molecule has 3 rings (SSSR count). The zero-order valence-electron chi connectivity index (χ0n) is 14.7. The van der Waals surface area contributed by atoms with Crippen molar-refractivity contribution < 1.29 is 21.3 Å². The molecule has 0 aliphatic heterocycles. The van der Waals surface area contributed by atoms with Gasteiger partial charge in [0.2, 0.25) is 10.0 Å². The lowest BCUT2D eigenvalue weighted by molar-refractivity contribution is 0.487. The van der Waals surface area contributed by atoms with Gasteiger partial charge < -0.3 is 4.42 Å². The van der Waals surface area contributed by atoms with Gasteiger partial charge in [-0.25, -0.2) is 21.6 Å². The molecule has 6 nitrogen and oxygen atoms in total. The minimum atomic E-state index is -3.88. The van der Waals surface area contributed by atoms with Crippen molar-refractivity contribution in [2.75, 3.05) is 6.54 Å². The van der Waals surface area contributed by atoms with Gasteiger partial charge in [0.15, 0.2) is 9.84 Å². The second-order valence-corrected chi connectivity index (χ2v) is 11.1. The van der Waals surface area contributed by atoms with Crippen LogP contribution < -0.4 is 4.72 Å². The van der Waals surface area contributed by atoms with E-state index >= 15 is 0 Å². The summed E-state index contributed by atoms with van der Waals surface area (Å²) in [7, 11) is -7.69. The van der Waals surface area contributed by atoms with E-state index in [1.54, 1.807) is 43.5 Å². The quantitative estimate of drug-likeness (QED) is 0.626. The van der Waals surface area contributed by atoms with Crippen LogP contribution in [0.15, 0.2) is 67.6 Å². The fourth-order valence-electron chi connectivity index (χ4n) is 2.66. The zero-order chi connectivity index (χ0) is 19.7. The Bertz CT molecular complexity index is 1120. The molecule has 0 aliphatic rings. The molecule has 1 atom stereocenters. The van der Waals surface area contributed by atoms with Gasteiger partial charge in [0.1, 0.15) is 15.2 Å². The highest BCUT2D eigenvalue weighted by molar-refractivity contribution is 7.93. The number of sulfone groups is 1. The number of hydrogen-bond donors (Lipinski definition) is 1. The molecule has 9 heteroatoms. The molecular weight excluding hydrogens is 406 g/mol. The summed E-state index contributed by atoms with van der Waals surface area (Å²) >= 11 is 1.08. The van der Waals surface area contributed by atoms with Crippen LogP contribution in [0, 0.1) is 13.8 Å². The topological polar surface area (TPSA) is 93.4 Å². The van der Waals surface area contributed by atoms with Gasteiger partial charge in [-0.15, -0.1) is 11.3 Å². The molecule has 2 aromatic heterocycles. The first-order chi connectivity index (χ1) is 12.7. The number of rotatable bonds is 7. The van der Waals surface area contributed by atoms with Crippen LogP contribution in [-0.2, 0) is 19.9 Å². The van der Waals surface area contributed by atoms with Crippen molar-refractivity contribution in [1.82, 2.24) is 4.72 Å². The van der Waals surface area contributed by atoms with Crippen LogP contribution in [0.2, 0.25) is 0 Å². The van der Waals surface area contributed by atoms with Crippen molar-refractivity contribution in [2.45, 2.75) is 28.2 Å². The van der Waals surface area contributed by atoms with Crippen LogP contribution >= 0.6 is 11.3 Å². The second kappa shape index (κ2) is 7.59.